The Labute approximate surface area is 241 Å². The maximum absolute atomic E-state index is 12.3. The molecule has 0 aliphatic heterocycles. The molecule has 2 amide bonds. The molecule has 1 atom stereocenters. The number of anilines is 1. The number of hydrogen-bond acceptors (Lipinski definition) is 7. The lowest BCUT2D eigenvalue weighted by Gasteiger charge is -2.22. The van der Waals surface area contributed by atoms with Crippen LogP contribution in [0.25, 0.3) is 10.9 Å². The molecule has 0 aliphatic carbocycles. The number of carbonyl (C=O) groups excluding carboxylic acids is 1. The van der Waals surface area contributed by atoms with Gasteiger partial charge in [0.1, 0.15) is 24.2 Å². The van der Waals surface area contributed by atoms with Crippen LogP contribution in [0.5, 0.6) is 23.0 Å². The SMILES string of the molecule is CCN(CC)CC(O)COc1cc2nccc(Oc3ccc(NC(=O)NCCC(C)(C)C)c(Cl)c3)c2cc1OC. The van der Waals surface area contributed by atoms with E-state index in [1.54, 1.807) is 49.7 Å². The Kier molecular flexibility index (Phi) is 11.2. The van der Waals surface area contributed by atoms with E-state index in [0.29, 0.717) is 57.7 Å². The Morgan fingerprint density at radius 2 is 1.85 bits per heavy atom. The van der Waals surface area contributed by atoms with Crippen LogP contribution in [-0.2, 0) is 0 Å². The lowest BCUT2D eigenvalue weighted by molar-refractivity contribution is 0.0706. The van der Waals surface area contributed by atoms with Crippen LogP contribution in [0.1, 0.15) is 41.0 Å². The number of carbonyl (C=O) groups is 1. The molecule has 0 fully saturated rings. The number of rotatable bonds is 13. The van der Waals surface area contributed by atoms with Crippen molar-refractivity contribution in [2.45, 2.75) is 47.1 Å². The molecule has 218 valence electrons. The van der Waals surface area contributed by atoms with Gasteiger partial charge < -0.3 is 34.9 Å². The minimum absolute atomic E-state index is 0.127. The summed E-state index contributed by atoms with van der Waals surface area (Å²) < 4.78 is 17.6. The van der Waals surface area contributed by atoms with E-state index >= 15 is 0 Å². The van der Waals surface area contributed by atoms with Gasteiger partial charge >= 0.3 is 6.03 Å². The fourth-order valence-corrected chi connectivity index (χ4v) is 4.23. The van der Waals surface area contributed by atoms with Crippen LogP contribution in [0, 0.1) is 5.41 Å². The number of benzene rings is 2. The Bertz CT molecular complexity index is 1280. The highest BCUT2D eigenvalue weighted by atomic mass is 35.5. The molecule has 1 heterocycles. The molecule has 3 rings (SSSR count). The van der Waals surface area contributed by atoms with Crippen molar-refractivity contribution in [3.05, 3.63) is 47.6 Å². The molecule has 40 heavy (non-hydrogen) atoms. The molecular formula is C30H41ClN4O5. The van der Waals surface area contributed by atoms with Crippen LogP contribution in [0.15, 0.2) is 42.6 Å². The van der Waals surface area contributed by atoms with Crippen LogP contribution in [0.4, 0.5) is 10.5 Å². The third-order valence-corrected chi connectivity index (χ3v) is 6.67. The zero-order valence-electron chi connectivity index (χ0n) is 24.2. The Morgan fingerprint density at radius 3 is 2.50 bits per heavy atom. The summed E-state index contributed by atoms with van der Waals surface area (Å²) in [6.45, 7) is 13.4. The van der Waals surface area contributed by atoms with E-state index in [1.807, 2.05) is 0 Å². The van der Waals surface area contributed by atoms with E-state index in [4.69, 9.17) is 25.8 Å². The summed E-state index contributed by atoms with van der Waals surface area (Å²) in [6, 6.07) is 10.1. The van der Waals surface area contributed by atoms with Gasteiger partial charge in [0.2, 0.25) is 0 Å². The minimum Gasteiger partial charge on any atom is -0.493 e. The van der Waals surface area contributed by atoms with Crippen LogP contribution < -0.4 is 24.8 Å². The van der Waals surface area contributed by atoms with Gasteiger partial charge in [-0.1, -0.05) is 46.2 Å². The molecule has 0 aliphatic rings. The number of nitrogens with zero attached hydrogens (tertiary/aromatic N) is 2. The summed E-state index contributed by atoms with van der Waals surface area (Å²) in [4.78, 5) is 18.9. The second-order valence-electron chi connectivity index (χ2n) is 10.7. The standard InChI is InChI=1S/C30H41ClN4O5/c1-7-35(8-2)18-20(36)19-39-28-17-25-22(16-27(28)38-6)26(11-13-32-25)40-21-9-10-24(23(31)15-21)34-29(37)33-14-12-30(3,4)5/h9-11,13,15-17,20,36H,7-8,12,14,18-19H2,1-6H3,(H2,33,34,37). The second kappa shape index (κ2) is 14.4. The summed E-state index contributed by atoms with van der Waals surface area (Å²) in [5, 5.41) is 17.1. The molecule has 10 heteroatoms. The molecule has 3 aromatic rings. The number of likely N-dealkylation sites (N-methyl/N-ethyl adjacent to an activating group) is 1. The number of fused-ring (bicyclic) bond motifs is 1. The molecule has 2 aromatic carbocycles. The summed E-state index contributed by atoms with van der Waals surface area (Å²) in [7, 11) is 1.56. The molecule has 0 bridgehead atoms. The summed E-state index contributed by atoms with van der Waals surface area (Å²) >= 11 is 6.45. The molecule has 9 nitrogen and oxygen atoms in total. The average Bonchev–Trinajstić information content (AvgIpc) is 2.91. The normalized spacial score (nSPS) is 12.3. The van der Waals surface area contributed by atoms with E-state index in [9.17, 15) is 9.90 Å². The summed E-state index contributed by atoms with van der Waals surface area (Å²) in [5.74, 6) is 2.02. The Hall–Kier alpha value is -3.27. The Balaban J connectivity index is 1.71. The molecular weight excluding hydrogens is 532 g/mol. The van der Waals surface area contributed by atoms with Crippen molar-refractivity contribution in [1.29, 1.82) is 0 Å². The van der Waals surface area contributed by atoms with E-state index < -0.39 is 6.10 Å². The van der Waals surface area contributed by atoms with Gasteiger partial charge in [0.05, 0.1) is 23.3 Å². The highest BCUT2D eigenvalue weighted by Gasteiger charge is 2.16. The van der Waals surface area contributed by atoms with E-state index in [0.717, 1.165) is 19.5 Å². The fourth-order valence-electron chi connectivity index (χ4n) is 4.01. The van der Waals surface area contributed by atoms with Crippen LogP contribution in [0.2, 0.25) is 5.02 Å². The number of nitrogens with one attached hydrogen (secondary N) is 2. The van der Waals surface area contributed by atoms with Gasteiger partial charge in [-0.25, -0.2) is 4.79 Å². The number of urea groups is 1. The number of aliphatic hydroxyl groups excluding tert-OH is 1. The third kappa shape index (κ3) is 9.15. The van der Waals surface area contributed by atoms with Gasteiger partial charge in [-0.2, -0.15) is 0 Å². The maximum Gasteiger partial charge on any atom is 0.319 e. The first-order valence-corrected chi connectivity index (χ1v) is 13.9. The fraction of sp³-hybridized carbons (Fsp3) is 0.467. The number of halogens is 1. The number of aliphatic hydroxyl groups is 1. The van der Waals surface area contributed by atoms with Gasteiger partial charge in [0.15, 0.2) is 11.5 Å². The number of ether oxygens (including phenoxy) is 3. The van der Waals surface area contributed by atoms with E-state index in [2.05, 4.69) is 55.1 Å². The summed E-state index contributed by atoms with van der Waals surface area (Å²) in [5.41, 5.74) is 1.25. The largest absolute Gasteiger partial charge is 0.493 e. The topological polar surface area (TPSA) is 105 Å². The van der Waals surface area contributed by atoms with Crippen LogP contribution >= 0.6 is 11.6 Å². The molecule has 0 spiro atoms. The van der Waals surface area contributed by atoms with Crippen molar-refractivity contribution < 1.29 is 24.1 Å². The van der Waals surface area contributed by atoms with Gasteiger partial charge in [0.25, 0.3) is 0 Å². The van der Waals surface area contributed by atoms with Gasteiger partial charge in [-0.3, -0.25) is 4.98 Å². The van der Waals surface area contributed by atoms with Crippen molar-refractivity contribution in [3.63, 3.8) is 0 Å². The highest BCUT2D eigenvalue weighted by Crippen LogP contribution is 2.38. The number of aromatic nitrogens is 1. The zero-order chi connectivity index (χ0) is 29.3. The number of methoxy groups -OCH3 is 1. The van der Waals surface area contributed by atoms with Crippen molar-refractivity contribution >= 4 is 34.2 Å². The number of amides is 2. The monoisotopic (exact) mass is 572 g/mol. The smallest absolute Gasteiger partial charge is 0.319 e. The van der Waals surface area contributed by atoms with E-state index in [-0.39, 0.29) is 18.1 Å². The predicted octanol–water partition coefficient (Wildman–Crippen LogP) is 6.33. The van der Waals surface area contributed by atoms with Gasteiger partial charge in [0, 0.05) is 36.8 Å². The first-order valence-electron chi connectivity index (χ1n) is 13.5. The van der Waals surface area contributed by atoms with E-state index in [1.165, 1.54) is 0 Å². The van der Waals surface area contributed by atoms with Crippen LogP contribution in [0.3, 0.4) is 0 Å². The second-order valence-corrected chi connectivity index (χ2v) is 11.1. The molecule has 3 N–H and O–H groups in total. The predicted molar refractivity (Wildman–Crippen MR) is 160 cm³/mol. The van der Waals surface area contributed by atoms with Gasteiger partial charge in [-0.05, 0) is 49.2 Å². The first kappa shape index (κ1) is 31.3. The number of pyridine rings is 1. The minimum atomic E-state index is -0.639. The molecule has 0 saturated carbocycles. The lowest BCUT2D eigenvalue weighted by Crippen LogP contribution is -2.35. The number of hydrogen-bond donors (Lipinski definition) is 3. The lowest BCUT2D eigenvalue weighted by atomic mass is 9.92. The van der Waals surface area contributed by atoms with Gasteiger partial charge in [-0.15, -0.1) is 0 Å². The van der Waals surface area contributed by atoms with Crippen molar-refractivity contribution in [2.24, 2.45) is 5.41 Å². The van der Waals surface area contributed by atoms with Crippen molar-refractivity contribution in [3.8, 4) is 23.0 Å². The molecule has 1 unspecified atom stereocenters. The van der Waals surface area contributed by atoms with Crippen molar-refractivity contribution in [2.75, 3.05) is 45.2 Å². The first-order chi connectivity index (χ1) is 19.0. The maximum atomic E-state index is 12.3. The Morgan fingerprint density at radius 1 is 1.10 bits per heavy atom. The summed E-state index contributed by atoms with van der Waals surface area (Å²) in [6.07, 6.45) is 1.86. The zero-order valence-corrected chi connectivity index (χ0v) is 25.0. The molecule has 0 radical (unpaired) electrons. The molecule has 1 aromatic heterocycles. The average molecular weight is 573 g/mol. The van der Waals surface area contributed by atoms with Crippen molar-refractivity contribution in [1.82, 2.24) is 15.2 Å². The highest BCUT2D eigenvalue weighted by molar-refractivity contribution is 6.33. The van der Waals surface area contributed by atoms with Crippen LogP contribution in [-0.4, -0.2) is 67.0 Å². The molecule has 0 saturated heterocycles. The quantitative estimate of drug-likeness (QED) is 0.220. The third-order valence-electron chi connectivity index (χ3n) is 6.36.